The predicted molar refractivity (Wildman–Crippen MR) is 75.3 cm³/mol. The van der Waals surface area contributed by atoms with E-state index in [1.165, 1.54) is 6.07 Å². The third kappa shape index (κ3) is 2.25. The normalized spacial score (nSPS) is 10.9. The highest BCUT2D eigenvalue weighted by Crippen LogP contribution is 2.35. The number of rotatable bonds is 3. The van der Waals surface area contributed by atoms with Gasteiger partial charge in [-0.1, -0.05) is 36.5 Å². The third-order valence-corrected chi connectivity index (χ3v) is 3.39. The fraction of sp³-hybridized carbons (Fsp3) is 0.308. The van der Waals surface area contributed by atoms with Crippen LogP contribution in [0.1, 0.15) is 19.0 Å². The maximum Gasteiger partial charge on any atom is 0.161 e. The van der Waals surface area contributed by atoms with Crippen LogP contribution in [0.2, 0.25) is 10.0 Å². The van der Waals surface area contributed by atoms with E-state index in [0.29, 0.717) is 10.9 Å². The third-order valence-electron chi connectivity index (χ3n) is 2.76. The van der Waals surface area contributed by atoms with E-state index in [0.717, 1.165) is 24.2 Å². The molecule has 5 heteroatoms. The molecule has 0 aliphatic carbocycles. The molecule has 0 spiro atoms. The summed E-state index contributed by atoms with van der Waals surface area (Å²) in [5.41, 5.74) is 2.32. The van der Waals surface area contributed by atoms with E-state index in [-0.39, 0.29) is 10.0 Å². The minimum Gasteiger partial charge on any atom is -0.387 e. The van der Waals surface area contributed by atoms with Gasteiger partial charge >= 0.3 is 0 Å². The first-order chi connectivity index (χ1) is 8.58. The highest BCUT2D eigenvalue weighted by atomic mass is 35.5. The molecular weight excluding hydrogens is 274 g/mol. The number of anilines is 1. The van der Waals surface area contributed by atoms with Crippen molar-refractivity contribution in [1.82, 2.24) is 4.98 Å². The number of nitrogens with zero attached hydrogens (tertiary/aromatic N) is 1. The Hall–Kier alpha value is -1.06. The number of aromatic nitrogens is 1. The minimum atomic E-state index is -0.604. The Labute approximate surface area is 115 Å². The van der Waals surface area contributed by atoms with Gasteiger partial charge in [-0.15, -0.1) is 0 Å². The van der Waals surface area contributed by atoms with Gasteiger partial charge < -0.3 is 5.32 Å². The van der Waals surface area contributed by atoms with Crippen molar-refractivity contribution in [3.63, 3.8) is 0 Å². The molecule has 1 N–H and O–H groups in total. The van der Waals surface area contributed by atoms with Crippen LogP contribution in [0.5, 0.6) is 0 Å². The summed E-state index contributed by atoms with van der Waals surface area (Å²) in [6.45, 7) is 2.08. The maximum absolute atomic E-state index is 13.7. The number of hydrogen-bond acceptors (Lipinski definition) is 2. The summed E-state index contributed by atoms with van der Waals surface area (Å²) in [5, 5.41) is 3.60. The summed E-state index contributed by atoms with van der Waals surface area (Å²) in [5.74, 6) is -0.604. The number of fused-ring (bicyclic) bond motifs is 1. The zero-order valence-corrected chi connectivity index (χ0v) is 11.7. The molecule has 0 aliphatic rings. The van der Waals surface area contributed by atoms with Gasteiger partial charge in [-0.2, -0.15) is 0 Å². The smallest absolute Gasteiger partial charge is 0.161 e. The quantitative estimate of drug-likeness (QED) is 0.829. The van der Waals surface area contributed by atoms with Crippen molar-refractivity contribution >= 4 is 39.8 Å². The van der Waals surface area contributed by atoms with Crippen molar-refractivity contribution in [2.24, 2.45) is 0 Å². The molecule has 0 bridgehead atoms. The molecule has 2 aromatic rings. The van der Waals surface area contributed by atoms with Gasteiger partial charge in [0.05, 0.1) is 15.6 Å². The lowest BCUT2D eigenvalue weighted by Crippen LogP contribution is -1.98. The molecule has 1 aromatic heterocycles. The molecule has 0 saturated carbocycles. The molecule has 1 heterocycles. The van der Waals surface area contributed by atoms with E-state index in [4.69, 9.17) is 23.2 Å². The first-order valence-corrected chi connectivity index (χ1v) is 6.49. The predicted octanol–water partition coefficient (Wildman–Crippen LogP) is 4.67. The van der Waals surface area contributed by atoms with Crippen molar-refractivity contribution in [3.8, 4) is 0 Å². The largest absolute Gasteiger partial charge is 0.387 e. The van der Waals surface area contributed by atoms with Crippen LogP contribution < -0.4 is 5.32 Å². The van der Waals surface area contributed by atoms with Crippen molar-refractivity contribution in [2.75, 3.05) is 12.4 Å². The molecule has 0 saturated heterocycles. The summed E-state index contributed by atoms with van der Waals surface area (Å²) in [4.78, 5) is 4.46. The number of pyridine rings is 1. The second kappa shape index (κ2) is 5.29. The van der Waals surface area contributed by atoms with E-state index in [9.17, 15) is 4.39 Å². The van der Waals surface area contributed by atoms with E-state index in [1.807, 2.05) is 6.07 Å². The van der Waals surface area contributed by atoms with Crippen LogP contribution in [0.15, 0.2) is 12.1 Å². The summed E-state index contributed by atoms with van der Waals surface area (Å²) in [6.07, 6.45) is 1.85. The standard InChI is InChI=1S/C13H13Cl2FN2/c1-3-4-7-5-9(17-2)11-10(18-7)6-8(14)13(16)12(11)15/h5-6H,3-4H2,1-2H3,(H,17,18). The topological polar surface area (TPSA) is 24.9 Å². The molecule has 96 valence electrons. The molecule has 0 amide bonds. The number of aryl methyl sites for hydroxylation is 1. The Bertz CT molecular complexity index is 599. The minimum absolute atomic E-state index is 0.00398. The van der Waals surface area contributed by atoms with Crippen molar-refractivity contribution in [2.45, 2.75) is 19.8 Å². The SMILES string of the molecule is CCCc1cc(NC)c2c(Cl)c(F)c(Cl)cc2n1. The van der Waals surface area contributed by atoms with E-state index >= 15 is 0 Å². The molecule has 18 heavy (non-hydrogen) atoms. The number of halogens is 3. The van der Waals surface area contributed by atoms with Gasteiger partial charge in [0.1, 0.15) is 0 Å². The Morgan fingerprint density at radius 2 is 2.06 bits per heavy atom. The average Bonchev–Trinajstić information content (AvgIpc) is 2.35. The van der Waals surface area contributed by atoms with Crippen LogP contribution in [0.3, 0.4) is 0 Å². The highest BCUT2D eigenvalue weighted by Gasteiger charge is 2.15. The van der Waals surface area contributed by atoms with Crippen LogP contribution in [0.4, 0.5) is 10.1 Å². The summed E-state index contributed by atoms with van der Waals surface area (Å²) in [6, 6.07) is 3.41. The van der Waals surface area contributed by atoms with Gasteiger partial charge in [-0.05, 0) is 18.6 Å². The Morgan fingerprint density at radius 1 is 1.33 bits per heavy atom. The fourth-order valence-electron chi connectivity index (χ4n) is 1.93. The fourth-order valence-corrected chi connectivity index (χ4v) is 2.48. The van der Waals surface area contributed by atoms with Crippen molar-refractivity contribution in [3.05, 3.63) is 33.7 Å². The Balaban J connectivity index is 2.79. The molecule has 0 unspecified atom stereocenters. The number of nitrogens with one attached hydrogen (secondary N) is 1. The summed E-state index contributed by atoms with van der Waals surface area (Å²) >= 11 is 11.8. The van der Waals surface area contributed by atoms with E-state index < -0.39 is 5.82 Å². The number of benzene rings is 1. The molecular formula is C13H13Cl2FN2. The van der Waals surface area contributed by atoms with Gasteiger partial charge in [-0.3, -0.25) is 4.98 Å². The van der Waals surface area contributed by atoms with Crippen LogP contribution in [-0.4, -0.2) is 12.0 Å². The van der Waals surface area contributed by atoms with E-state index in [2.05, 4.69) is 17.2 Å². The second-order valence-corrected chi connectivity index (χ2v) is 4.83. The molecule has 0 radical (unpaired) electrons. The van der Waals surface area contributed by atoms with Crippen LogP contribution in [0.25, 0.3) is 10.9 Å². The van der Waals surface area contributed by atoms with Crippen LogP contribution in [-0.2, 0) is 6.42 Å². The van der Waals surface area contributed by atoms with Crippen molar-refractivity contribution in [1.29, 1.82) is 0 Å². The van der Waals surface area contributed by atoms with Gasteiger partial charge in [0, 0.05) is 23.8 Å². The first kappa shape index (κ1) is 13.4. The maximum atomic E-state index is 13.7. The molecule has 1 aromatic carbocycles. The monoisotopic (exact) mass is 286 g/mol. The van der Waals surface area contributed by atoms with Crippen LogP contribution in [0, 0.1) is 5.82 Å². The highest BCUT2D eigenvalue weighted by molar-refractivity contribution is 6.39. The zero-order chi connectivity index (χ0) is 13.3. The molecule has 0 atom stereocenters. The molecule has 2 nitrogen and oxygen atoms in total. The lowest BCUT2D eigenvalue weighted by Gasteiger charge is -2.11. The van der Waals surface area contributed by atoms with Crippen LogP contribution >= 0.6 is 23.2 Å². The van der Waals surface area contributed by atoms with Gasteiger partial charge in [-0.25, -0.2) is 4.39 Å². The summed E-state index contributed by atoms with van der Waals surface area (Å²) < 4.78 is 13.7. The Morgan fingerprint density at radius 3 is 2.67 bits per heavy atom. The van der Waals surface area contributed by atoms with Gasteiger partial charge in [0.25, 0.3) is 0 Å². The molecule has 2 rings (SSSR count). The Kier molecular flexibility index (Phi) is 3.93. The average molecular weight is 287 g/mol. The lowest BCUT2D eigenvalue weighted by molar-refractivity contribution is 0.630. The second-order valence-electron chi connectivity index (χ2n) is 4.04. The summed E-state index contributed by atoms with van der Waals surface area (Å²) in [7, 11) is 1.77. The zero-order valence-electron chi connectivity index (χ0n) is 10.2. The molecule has 0 aliphatic heterocycles. The van der Waals surface area contributed by atoms with E-state index in [1.54, 1.807) is 7.05 Å². The van der Waals surface area contributed by atoms with Gasteiger partial charge in [0.15, 0.2) is 5.82 Å². The van der Waals surface area contributed by atoms with Gasteiger partial charge in [0.2, 0.25) is 0 Å². The molecule has 0 fully saturated rings. The number of hydrogen-bond donors (Lipinski definition) is 1. The lowest BCUT2D eigenvalue weighted by atomic mass is 10.1. The first-order valence-electron chi connectivity index (χ1n) is 5.73. The van der Waals surface area contributed by atoms with Crippen molar-refractivity contribution < 1.29 is 4.39 Å².